The van der Waals surface area contributed by atoms with E-state index in [1.807, 2.05) is 11.8 Å². The van der Waals surface area contributed by atoms with Crippen LogP contribution in [0.5, 0.6) is 5.75 Å². The van der Waals surface area contributed by atoms with Gasteiger partial charge in [0.1, 0.15) is 5.75 Å². The highest BCUT2D eigenvalue weighted by atomic mass is 32.2. The Morgan fingerprint density at radius 3 is 2.72 bits per heavy atom. The molecule has 5 unspecified atom stereocenters. The number of aromatic hydroxyl groups is 1. The van der Waals surface area contributed by atoms with Crippen molar-refractivity contribution in [3.8, 4) is 5.75 Å². The zero-order chi connectivity index (χ0) is 12.1. The van der Waals surface area contributed by atoms with E-state index < -0.39 is 0 Å². The summed E-state index contributed by atoms with van der Waals surface area (Å²) in [5.41, 5.74) is 0. The Hall–Kier alpha value is -0.890. The van der Waals surface area contributed by atoms with E-state index in [0.717, 1.165) is 28.9 Å². The van der Waals surface area contributed by atoms with Gasteiger partial charge < -0.3 is 5.11 Å². The molecule has 4 rings (SSSR count). The highest BCUT2D eigenvalue weighted by molar-refractivity contribution is 8.00. The van der Waals surface area contributed by atoms with Gasteiger partial charge in [-0.2, -0.15) is 0 Å². The van der Waals surface area contributed by atoms with E-state index in [1.54, 1.807) is 12.1 Å². The summed E-state index contributed by atoms with van der Waals surface area (Å²) in [5.74, 6) is 4.10. The van der Waals surface area contributed by atoms with E-state index in [-0.39, 0.29) is 0 Å². The maximum Gasteiger partial charge on any atom is 0.115 e. The normalized spacial score (nSPS) is 40.3. The van der Waals surface area contributed by atoms with E-state index in [4.69, 9.17) is 0 Å². The maximum atomic E-state index is 9.33. The lowest BCUT2D eigenvalue weighted by atomic mass is 9.81. The third-order valence-corrected chi connectivity index (χ3v) is 6.46. The minimum Gasteiger partial charge on any atom is -0.508 e. The molecule has 2 heteroatoms. The Balaban J connectivity index is 1.50. The molecule has 0 radical (unpaired) electrons. The van der Waals surface area contributed by atoms with E-state index in [0.29, 0.717) is 5.75 Å². The molecule has 0 spiro atoms. The summed E-state index contributed by atoms with van der Waals surface area (Å²) in [6, 6.07) is 7.71. The van der Waals surface area contributed by atoms with Gasteiger partial charge in [-0.05, 0) is 67.2 Å². The summed E-state index contributed by atoms with van der Waals surface area (Å²) in [7, 11) is 0. The van der Waals surface area contributed by atoms with Crippen LogP contribution in [0.4, 0.5) is 0 Å². The first kappa shape index (κ1) is 11.0. The van der Waals surface area contributed by atoms with Gasteiger partial charge in [-0.15, -0.1) is 11.8 Å². The van der Waals surface area contributed by atoms with E-state index in [1.165, 1.54) is 24.2 Å². The molecule has 1 nitrogen and oxygen atoms in total. The Kier molecular flexibility index (Phi) is 2.47. The number of hydrogen-bond acceptors (Lipinski definition) is 2. The van der Waals surface area contributed by atoms with Gasteiger partial charge in [0.15, 0.2) is 0 Å². The molecule has 0 heterocycles. The average Bonchev–Trinajstić information content (AvgIpc) is 3.03. The van der Waals surface area contributed by atoms with Crippen molar-refractivity contribution in [3.63, 3.8) is 0 Å². The number of hydrogen-bond donors (Lipinski definition) is 1. The molecule has 5 atom stereocenters. The van der Waals surface area contributed by atoms with Crippen molar-refractivity contribution < 1.29 is 5.11 Å². The van der Waals surface area contributed by atoms with Crippen LogP contribution in [-0.4, -0.2) is 10.4 Å². The number of benzene rings is 1. The van der Waals surface area contributed by atoms with Crippen LogP contribution >= 0.6 is 11.8 Å². The molecule has 3 aliphatic carbocycles. The average molecular weight is 258 g/mol. The lowest BCUT2D eigenvalue weighted by Crippen LogP contribution is -2.26. The molecule has 2 bridgehead atoms. The van der Waals surface area contributed by atoms with Gasteiger partial charge in [-0.1, -0.05) is 12.2 Å². The third kappa shape index (κ3) is 1.62. The predicted molar refractivity (Wildman–Crippen MR) is 74.7 cm³/mol. The second-order valence-electron chi connectivity index (χ2n) is 5.95. The number of phenolic OH excluding ortho intramolecular Hbond substituents is 1. The smallest absolute Gasteiger partial charge is 0.115 e. The number of phenols is 1. The van der Waals surface area contributed by atoms with Crippen molar-refractivity contribution in [1.82, 2.24) is 0 Å². The van der Waals surface area contributed by atoms with Gasteiger partial charge in [-0.3, -0.25) is 0 Å². The van der Waals surface area contributed by atoms with Gasteiger partial charge in [0.25, 0.3) is 0 Å². The van der Waals surface area contributed by atoms with Crippen LogP contribution in [0.25, 0.3) is 0 Å². The largest absolute Gasteiger partial charge is 0.508 e. The van der Waals surface area contributed by atoms with Crippen molar-refractivity contribution >= 4 is 11.8 Å². The zero-order valence-electron chi connectivity index (χ0n) is 10.3. The molecule has 2 fully saturated rings. The number of thioether (sulfide) groups is 1. The summed E-state index contributed by atoms with van der Waals surface area (Å²) in [6.07, 6.45) is 9.05. The Morgan fingerprint density at radius 2 is 1.89 bits per heavy atom. The van der Waals surface area contributed by atoms with Gasteiger partial charge in [-0.25, -0.2) is 0 Å². The molecular formula is C16H18OS. The van der Waals surface area contributed by atoms with E-state index in [9.17, 15) is 5.11 Å². The Morgan fingerprint density at radius 1 is 1.06 bits per heavy atom. The minimum atomic E-state index is 0.368. The van der Waals surface area contributed by atoms with Crippen LogP contribution in [0, 0.1) is 23.7 Å². The van der Waals surface area contributed by atoms with E-state index in [2.05, 4.69) is 24.3 Å². The van der Waals surface area contributed by atoms with Gasteiger partial charge in [0.05, 0.1) is 0 Å². The standard InChI is InChI=1S/C16H18OS/c17-11-4-6-12(7-5-11)18-16-9-10-8-15(16)14-3-1-2-13(10)14/h1-2,4-7,10,13-17H,3,8-9H2. The maximum absolute atomic E-state index is 9.33. The highest BCUT2D eigenvalue weighted by Crippen LogP contribution is 2.60. The van der Waals surface area contributed by atoms with Crippen LogP contribution in [-0.2, 0) is 0 Å². The van der Waals surface area contributed by atoms with Gasteiger partial charge >= 0.3 is 0 Å². The fourth-order valence-electron chi connectivity index (χ4n) is 4.33. The first-order chi connectivity index (χ1) is 8.81. The number of rotatable bonds is 2. The molecule has 1 N–H and O–H groups in total. The van der Waals surface area contributed by atoms with Crippen molar-refractivity contribution in [3.05, 3.63) is 36.4 Å². The van der Waals surface area contributed by atoms with Crippen LogP contribution in [0.1, 0.15) is 19.3 Å². The number of allylic oxidation sites excluding steroid dienone is 2. The van der Waals surface area contributed by atoms with Crippen molar-refractivity contribution in [1.29, 1.82) is 0 Å². The summed E-state index contributed by atoms with van der Waals surface area (Å²) >= 11 is 2.03. The quantitative estimate of drug-likeness (QED) is 0.806. The zero-order valence-corrected chi connectivity index (χ0v) is 11.1. The molecule has 1 aromatic carbocycles. The molecule has 0 aliphatic heterocycles. The second-order valence-corrected chi connectivity index (χ2v) is 7.26. The molecule has 94 valence electrons. The fourth-order valence-corrected chi connectivity index (χ4v) is 5.80. The van der Waals surface area contributed by atoms with Crippen molar-refractivity contribution in [2.24, 2.45) is 23.7 Å². The van der Waals surface area contributed by atoms with Gasteiger partial charge in [0.2, 0.25) is 0 Å². The monoisotopic (exact) mass is 258 g/mol. The summed E-state index contributed by atoms with van der Waals surface area (Å²) in [4.78, 5) is 1.31. The topological polar surface area (TPSA) is 20.2 Å². The second kappa shape index (κ2) is 4.06. The lowest BCUT2D eigenvalue weighted by Gasteiger charge is -2.31. The fraction of sp³-hybridized carbons (Fsp3) is 0.500. The number of fused-ring (bicyclic) bond motifs is 5. The van der Waals surface area contributed by atoms with Crippen molar-refractivity contribution in [2.45, 2.75) is 29.4 Å². The molecule has 0 saturated heterocycles. The first-order valence-corrected chi connectivity index (χ1v) is 7.81. The molecule has 18 heavy (non-hydrogen) atoms. The van der Waals surface area contributed by atoms with Crippen LogP contribution < -0.4 is 0 Å². The molecule has 3 aliphatic rings. The van der Waals surface area contributed by atoms with Crippen LogP contribution in [0.2, 0.25) is 0 Å². The summed E-state index contributed by atoms with van der Waals surface area (Å²) in [6.45, 7) is 0. The van der Waals surface area contributed by atoms with Crippen LogP contribution in [0.15, 0.2) is 41.3 Å². The van der Waals surface area contributed by atoms with Crippen LogP contribution in [0.3, 0.4) is 0 Å². The van der Waals surface area contributed by atoms with Crippen molar-refractivity contribution in [2.75, 3.05) is 0 Å². The van der Waals surface area contributed by atoms with E-state index >= 15 is 0 Å². The molecule has 0 aromatic heterocycles. The third-order valence-electron chi connectivity index (χ3n) is 5.07. The summed E-state index contributed by atoms with van der Waals surface area (Å²) in [5, 5.41) is 10.1. The Bertz CT molecular complexity index is 478. The molecule has 0 amide bonds. The molecule has 2 saturated carbocycles. The predicted octanol–water partition coefficient (Wildman–Crippen LogP) is 4.09. The summed E-state index contributed by atoms with van der Waals surface area (Å²) < 4.78 is 0. The first-order valence-electron chi connectivity index (χ1n) is 6.93. The van der Waals surface area contributed by atoms with Gasteiger partial charge in [0, 0.05) is 10.1 Å². The SMILES string of the molecule is Oc1ccc(SC2CC3CC2C2CC=CC32)cc1. The minimum absolute atomic E-state index is 0.368. The molecule has 1 aromatic rings. The molecular weight excluding hydrogens is 240 g/mol. The Labute approximate surface area is 112 Å². The highest BCUT2D eigenvalue weighted by Gasteiger charge is 2.52. The lowest BCUT2D eigenvalue weighted by molar-refractivity contribution is 0.292.